The second-order valence-electron chi connectivity index (χ2n) is 5.21. The molecule has 0 aromatic heterocycles. The van der Waals surface area contributed by atoms with Gasteiger partial charge in [0.1, 0.15) is 0 Å². The maximum atomic E-state index is 9.20. The molecule has 2 rings (SSSR count). The van der Waals surface area contributed by atoms with Crippen molar-refractivity contribution < 1.29 is 5.11 Å². The number of nitrogens with zero attached hydrogens (tertiary/aromatic N) is 1. The smallest absolute Gasteiger partial charge is 0.0587 e. The van der Waals surface area contributed by atoms with Gasteiger partial charge in [-0.25, -0.2) is 0 Å². The van der Waals surface area contributed by atoms with Gasteiger partial charge >= 0.3 is 0 Å². The van der Waals surface area contributed by atoms with E-state index in [4.69, 9.17) is 0 Å². The van der Waals surface area contributed by atoms with Gasteiger partial charge in [0.15, 0.2) is 0 Å². The van der Waals surface area contributed by atoms with Crippen LogP contribution in [0, 0.1) is 5.92 Å². The van der Waals surface area contributed by atoms with Crippen molar-refractivity contribution in [1.82, 2.24) is 4.90 Å². The summed E-state index contributed by atoms with van der Waals surface area (Å²) in [5, 5.41) is 9.20. The van der Waals surface area contributed by atoms with E-state index in [0.29, 0.717) is 12.6 Å². The molecule has 2 heteroatoms. The fourth-order valence-electron chi connectivity index (χ4n) is 2.77. The lowest BCUT2D eigenvalue weighted by Crippen LogP contribution is -2.48. The van der Waals surface area contributed by atoms with Crippen LogP contribution in [0.4, 0.5) is 0 Å². The minimum atomic E-state index is 0.239. The Kier molecular flexibility index (Phi) is 1.74. The van der Waals surface area contributed by atoms with E-state index in [1.54, 1.807) is 0 Å². The maximum absolute atomic E-state index is 9.20. The van der Waals surface area contributed by atoms with E-state index in [0.717, 1.165) is 12.0 Å². The van der Waals surface area contributed by atoms with Gasteiger partial charge in [0.2, 0.25) is 0 Å². The zero-order valence-corrected chi connectivity index (χ0v) is 8.25. The van der Waals surface area contributed by atoms with E-state index in [-0.39, 0.29) is 5.54 Å². The number of rotatable bonds is 1. The van der Waals surface area contributed by atoms with E-state index < -0.39 is 0 Å². The molecular weight excluding hydrogens is 150 g/mol. The molecule has 70 valence electrons. The number of aliphatic hydroxyl groups excluding tert-OH is 1. The molecule has 0 radical (unpaired) electrons. The summed E-state index contributed by atoms with van der Waals surface area (Å²) in [5.74, 6) is 0.904. The van der Waals surface area contributed by atoms with Crippen molar-refractivity contribution in [3.05, 3.63) is 0 Å². The number of hydrogen-bond donors (Lipinski definition) is 1. The number of likely N-dealkylation sites (tertiary alicyclic amines) is 1. The number of hydrogen-bond acceptors (Lipinski definition) is 2. The predicted octanol–water partition coefficient (Wildman–Crippen LogP) is 1.24. The van der Waals surface area contributed by atoms with Crippen LogP contribution in [0.15, 0.2) is 0 Å². The molecule has 1 saturated heterocycles. The van der Waals surface area contributed by atoms with Gasteiger partial charge in [-0.3, -0.25) is 4.90 Å². The molecule has 2 aliphatic rings. The summed E-state index contributed by atoms with van der Waals surface area (Å²) in [6, 6.07) is 1.23. The molecule has 1 heterocycles. The monoisotopic (exact) mass is 169 g/mol. The lowest BCUT2D eigenvalue weighted by atomic mass is 10.0. The van der Waals surface area contributed by atoms with E-state index in [9.17, 15) is 5.11 Å². The second kappa shape index (κ2) is 2.46. The fraction of sp³-hybridized carbons (Fsp3) is 1.00. The molecule has 12 heavy (non-hydrogen) atoms. The Morgan fingerprint density at radius 2 is 2.00 bits per heavy atom. The van der Waals surface area contributed by atoms with E-state index in [1.807, 2.05) is 0 Å². The van der Waals surface area contributed by atoms with E-state index in [2.05, 4.69) is 25.7 Å². The predicted molar refractivity (Wildman–Crippen MR) is 49.0 cm³/mol. The molecule has 0 amide bonds. The van der Waals surface area contributed by atoms with Crippen molar-refractivity contribution in [3.63, 3.8) is 0 Å². The summed E-state index contributed by atoms with van der Waals surface area (Å²) in [5.41, 5.74) is 0.239. The van der Waals surface area contributed by atoms with Crippen LogP contribution in [-0.2, 0) is 0 Å². The Labute approximate surface area is 74.6 Å². The van der Waals surface area contributed by atoms with Crippen LogP contribution in [0.25, 0.3) is 0 Å². The molecule has 3 unspecified atom stereocenters. The molecule has 3 atom stereocenters. The van der Waals surface area contributed by atoms with Crippen molar-refractivity contribution >= 4 is 0 Å². The molecule has 1 aliphatic carbocycles. The van der Waals surface area contributed by atoms with Crippen molar-refractivity contribution in [2.75, 3.05) is 6.61 Å². The molecule has 0 spiro atoms. The topological polar surface area (TPSA) is 23.5 Å². The fourth-order valence-corrected chi connectivity index (χ4v) is 2.77. The number of piperidine rings is 1. The molecule has 0 bridgehead atoms. The quantitative estimate of drug-likeness (QED) is 0.638. The van der Waals surface area contributed by atoms with Gasteiger partial charge in [0.25, 0.3) is 0 Å². The van der Waals surface area contributed by atoms with Gasteiger partial charge in [-0.05, 0) is 39.5 Å². The van der Waals surface area contributed by atoms with Gasteiger partial charge in [-0.2, -0.15) is 0 Å². The number of fused-ring (bicyclic) bond motifs is 1. The Balaban J connectivity index is 2.11. The van der Waals surface area contributed by atoms with Crippen molar-refractivity contribution in [2.45, 2.75) is 51.2 Å². The molecular formula is C10H19NO. The highest BCUT2D eigenvalue weighted by Crippen LogP contribution is 2.50. The third kappa shape index (κ3) is 1.17. The molecule has 1 N–H and O–H groups in total. The summed E-state index contributed by atoms with van der Waals surface area (Å²) in [7, 11) is 0. The summed E-state index contributed by atoms with van der Waals surface area (Å²) in [6.07, 6.45) is 2.59. The Bertz CT molecular complexity index is 185. The van der Waals surface area contributed by atoms with Crippen LogP contribution >= 0.6 is 0 Å². The maximum Gasteiger partial charge on any atom is 0.0587 e. The third-order valence-electron chi connectivity index (χ3n) is 3.20. The molecule has 2 fully saturated rings. The van der Waals surface area contributed by atoms with Crippen molar-refractivity contribution in [2.24, 2.45) is 5.92 Å². The van der Waals surface area contributed by atoms with Gasteiger partial charge in [0, 0.05) is 17.6 Å². The Morgan fingerprint density at radius 3 is 2.42 bits per heavy atom. The highest BCUT2D eigenvalue weighted by atomic mass is 16.3. The average Bonchev–Trinajstić information content (AvgIpc) is 2.58. The van der Waals surface area contributed by atoms with Crippen LogP contribution in [0.5, 0.6) is 0 Å². The lowest BCUT2D eigenvalue weighted by molar-refractivity contribution is 0.0592. The normalized spacial score (nSPS) is 41.5. The lowest BCUT2D eigenvalue weighted by Gasteiger charge is -2.38. The standard InChI is InChI=1S/C10H19NO/c1-10(2,3)11-8(6-12)4-7-5-9(7)11/h7-9,12H,4-6H2,1-3H3. The Hall–Kier alpha value is -0.0800. The number of aliphatic hydroxyl groups is 1. The highest BCUT2D eigenvalue weighted by Gasteiger charge is 2.54. The molecule has 1 saturated carbocycles. The first-order chi connectivity index (χ1) is 5.54. The first-order valence-corrected chi connectivity index (χ1v) is 4.93. The molecule has 1 aliphatic heterocycles. The Morgan fingerprint density at radius 1 is 1.33 bits per heavy atom. The minimum Gasteiger partial charge on any atom is -0.395 e. The summed E-state index contributed by atoms with van der Waals surface area (Å²) in [6.45, 7) is 7.08. The summed E-state index contributed by atoms with van der Waals surface area (Å²) >= 11 is 0. The van der Waals surface area contributed by atoms with Crippen LogP contribution in [0.3, 0.4) is 0 Å². The zero-order chi connectivity index (χ0) is 8.93. The highest BCUT2D eigenvalue weighted by molar-refractivity contribution is 5.08. The second-order valence-corrected chi connectivity index (χ2v) is 5.21. The first kappa shape index (κ1) is 8.52. The first-order valence-electron chi connectivity index (χ1n) is 4.93. The summed E-state index contributed by atoms with van der Waals surface area (Å²) < 4.78 is 0. The van der Waals surface area contributed by atoms with Crippen LogP contribution < -0.4 is 0 Å². The van der Waals surface area contributed by atoms with Gasteiger partial charge in [0.05, 0.1) is 6.61 Å². The van der Waals surface area contributed by atoms with Crippen LogP contribution in [-0.4, -0.2) is 34.2 Å². The van der Waals surface area contributed by atoms with Crippen molar-refractivity contribution in [3.8, 4) is 0 Å². The molecule has 0 aromatic rings. The van der Waals surface area contributed by atoms with Gasteiger partial charge in [-0.1, -0.05) is 0 Å². The molecule has 0 aromatic carbocycles. The summed E-state index contributed by atoms with van der Waals surface area (Å²) in [4.78, 5) is 2.51. The average molecular weight is 169 g/mol. The van der Waals surface area contributed by atoms with Crippen LogP contribution in [0.1, 0.15) is 33.6 Å². The van der Waals surface area contributed by atoms with E-state index >= 15 is 0 Å². The van der Waals surface area contributed by atoms with Crippen molar-refractivity contribution in [1.29, 1.82) is 0 Å². The zero-order valence-electron chi connectivity index (χ0n) is 8.25. The van der Waals surface area contributed by atoms with Crippen LogP contribution in [0.2, 0.25) is 0 Å². The van der Waals surface area contributed by atoms with Gasteiger partial charge in [-0.15, -0.1) is 0 Å². The molecule has 2 nitrogen and oxygen atoms in total. The largest absolute Gasteiger partial charge is 0.395 e. The minimum absolute atomic E-state index is 0.239. The van der Waals surface area contributed by atoms with E-state index in [1.165, 1.54) is 12.8 Å². The third-order valence-corrected chi connectivity index (χ3v) is 3.20. The van der Waals surface area contributed by atoms with Gasteiger partial charge < -0.3 is 5.11 Å². The SMILES string of the molecule is CC(C)(C)N1C(CO)CC2CC21.